The van der Waals surface area contributed by atoms with E-state index in [-0.39, 0.29) is 30.9 Å². The van der Waals surface area contributed by atoms with E-state index in [2.05, 4.69) is 0 Å². The molecule has 1 aliphatic heterocycles. The number of rotatable bonds is 9. The molecule has 1 aromatic rings. The van der Waals surface area contributed by atoms with Crippen molar-refractivity contribution in [2.24, 2.45) is 0 Å². The van der Waals surface area contributed by atoms with Gasteiger partial charge in [0.25, 0.3) is 5.91 Å². The summed E-state index contributed by atoms with van der Waals surface area (Å²) in [7, 11) is 3.07. The Morgan fingerprint density at radius 3 is 2.62 bits per heavy atom. The highest BCUT2D eigenvalue weighted by atomic mass is 16.5. The van der Waals surface area contributed by atoms with Crippen LogP contribution >= 0.6 is 0 Å². The molecule has 2 rings (SSSR count). The molecular weight excluding hydrogens is 338 g/mol. The lowest BCUT2D eigenvalue weighted by molar-refractivity contribution is -0.143. The summed E-state index contributed by atoms with van der Waals surface area (Å²) in [5.41, 5.74) is 0.476. The minimum absolute atomic E-state index is 0.00119. The molecule has 0 N–H and O–H groups in total. The fourth-order valence-electron chi connectivity index (χ4n) is 2.92. The summed E-state index contributed by atoms with van der Waals surface area (Å²) in [6.07, 6.45) is 2.05. The maximum Gasteiger partial charge on any atom is 0.307 e. The number of amides is 1. The van der Waals surface area contributed by atoms with Crippen LogP contribution in [0.25, 0.3) is 0 Å². The summed E-state index contributed by atoms with van der Waals surface area (Å²) in [5.74, 6) is 0.553. The zero-order valence-corrected chi connectivity index (χ0v) is 15.7. The molecule has 1 aromatic carbocycles. The number of hydrogen-bond acceptors (Lipinski definition) is 6. The van der Waals surface area contributed by atoms with Gasteiger partial charge in [0.1, 0.15) is 0 Å². The van der Waals surface area contributed by atoms with E-state index >= 15 is 0 Å². The van der Waals surface area contributed by atoms with Crippen LogP contribution in [-0.4, -0.2) is 63.4 Å². The third-order valence-electron chi connectivity index (χ3n) is 4.26. The molecule has 0 saturated carbocycles. The van der Waals surface area contributed by atoms with Gasteiger partial charge in [-0.15, -0.1) is 0 Å². The van der Waals surface area contributed by atoms with Crippen molar-refractivity contribution in [3.8, 4) is 11.5 Å². The smallest absolute Gasteiger partial charge is 0.307 e. The normalized spacial score (nSPS) is 16.2. The number of carbonyl (C=O) groups is 2. The number of nitrogens with zero attached hydrogens (tertiary/aromatic N) is 1. The van der Waals surface area contributed by atoms with Gasteiger partial charge in [0.2, 0.25) is 0 Å². The number of esters is 1. The Balaban J connectivity index is 2.13. The molecular formula is C19H27NO6. The van der Waals surface area contributed by atoms with Gasteiger partial charge in [0, 0.05) is 25.3 Å². The van der Waals surface area contributed by atoms with E-state index in [1.807, 2.05) is 0 Å². The molecule has 0 aliphatic carbocycles. The van der Waals surface area contributed by atoms with Crippen molar-refractivity contribution in [2.75, 3.05) is 40.5 Å². The van der Waals surface area contributed by atoms with E-state index in [4.69, 9.17) is 18.9 Å². The van der Waals surface area contributed by atoms with Crippen molar-refractivity contribution in [3.05, 3.63) is 23.8 Å². The summed E-state index contributed by atoms with van der Waals surface area (Å²) in [6, 6.07) is 5.03. The predicted molar refractivity (Wildman–Crippen MR) is 95.7 cm³/mol. The third-order valence-corrected chi connectivity index (χ3v) is 4.26. The zero-order chi connectivity index (χ0) is 18.9. The standard InChI is InChI=1S/C19H27NO6/c1-4-25-18(21)9-10-20(13-15-6-5-11-26-15)19(22)14-7-8-16(23-2)17(12-14)24-3/h7-8,12,15H,4-6,9-11,13H2,1-3H3. The molecule has 26 heavy (non-hydrogen) atoms. The molecule has 7 heteroatoms. The summed E-state index contributed by atoms with van der Waals surface area (Å²) in [5, 5.41) is 0. The van der Waals surface area contributed by atoms with Crippen molar-refractivity contribution in [2.45, 2.75) is 32.3 Å². The van der Waals surface area contributed by atoms with Crippen LogP contribution in [0.15, 0.2) is 18.2 Å². The summed E-state index contributed by atoms with van der Waals surface area (Å²) in [4.78, 5) is 26.3. The van der Waals surface area contributed by atoms with Crippen LogP contribution in [0.4, 0.5) is 0 Å². The van der Waals surface area contributed by atoms with Gasteiger partial charge >= 0.3 is 5.97 Å². The highest BCUT2D eigenvalue weighted by molar-refractivity contribution is 5.95. The van der Waals surface area contributed by atoms with Crippen molar-refractivity contribution in [3.63, 3.8) is 0 Å². The van der Waals surface area contributed by atoms with Gasteiger partial charge in [0.05, 0.1) is 33.4 Å². The SMILES string of the molecule is CCOC(=O)CCN(CC1CCCO1)C(=O)c1ccc(OC)c(OC)c1. The van der Waals surface area contributed by atoms with Crippen LogP contribution in [0, 0.1) is 0 Å². The molecule has 1 amide bonds. The fraction of sp³-hybridized carbons (Fsp3) is 0.579. The van der Waals surface area contributed by atoms with Crippen LogP contribution in [-0.2, 0) is 14.3 Å². The Hall–Kier alpha value is -2.28. The molecule has 0 radical (unpaired) electrons. The molecule has 7 nitrogen and oxygen atoms in total. The van der Waals surface area contributed by atoms with E-state index in [9.17, 15) is 9.59 Å². The maximum atomic E-state index is 13.0. The average molecular weight is 365 g/mol. The minimum Gasteiger partial charge on any atom is -0.493 e. The molecule has 144 valence electrons. The zero-order valence-electron chi connectivity index (χ0n) is 15.7. The number of carbonyl (C=O) groups excluding carboxylic acids is 2. The van der Waals surface area contributed by atoms with Crippen LogP contribution in [0.5, 0.6) is 11.5 Å². The van der Waals surface area contributed by atoms with Crippen LogP contribution in [0.2, 0.25) is 0 Å². The Morgan fingerprint density at radius 1 is 1.23 bits per heavy atom. The minimum atomic E-state index is -0.315. The fourth-order valence-corrected chi connectivity index (χ4v) is 2.92. The Labute approximate surface area is 154 Å². The molecule has 1 saturated heterocycles. The molecule has 1 fully saturated rings. The van der Waals surface area contributed by atoms with Gasteiger partial charge in [-0.1, -0.05) is 0 Å². The molecule has 0 spiro atoms. The number of ether oxygens (including phenoxy) is 4. The molecule has 1 heterocycles. The number of hydrogen-bond donors (Lipinski definition) is 0. The first-order chi connectivity index (χ1) is 12.6. The Bertz CT molecular complexity index is 612. The van der Waals surface area contributed by atoms with E-state index < -0.39 is 0 Å². The molecule has 1 atom stereocenters. The molecule has 0 aromatic heterocycles. The van der Waals surface area contributed by atoms with Crippen molar-refractivity contribution < 1.29 is 28.5 Å². The first-order valence-electron chi connectivity index (χ1n) is 8.87. The van der Waals surface area contributed by atoms with Gasteiger partial charge < -0.3 is 23.8 Å². The lowest BCUT2D eigenvalue weighted by Gasteiger charge is -2.25. The first-order valence-corrected chi connectivity index (χ1v) is 8.87. The van der Waals surface area contributed by atoms with Gasteiger partial charge in [-0.25, -0.2) is 0 Å². The van der Waals surface area contributed by atoms with E-state index in [1.165, 1.54) is 7.11 Å². The molecule has 1 unspecified atom stereocenters. The highest BCUT2D eigenvalue weighted by Gasteiger charge is 2.25. The van der Waals surface area contributed by atoms with E-state index in [0.29, 0.717) is 36.8 Å². The highest BCUT2D eigenvalue weighted by Crippen LogP contribution is 2.28. The van der Waals surface area contributed by atoms with Gasteiger partial charge in [-0.2, -0.15) is 0 Å². The van der Waals surface area contributed by atoms with Gasteiger partial charge in [-0.05, 0) is 38.0 Å². The second-order valence-corrected chi connectivity index (χ2v) is 6.01. The Kier molecular flexibility index (Phi) is 7.72. The van der Waals surface area contributed by atoms with E-state index in [0.717, 1.165) is 12.8 Å². The van der Waals surface area contributed by atoms with Gasteiger partial charge in [-0.3, -0.25) is 9.59 Å². The third kappa shape index (κ3) is 5.36. The largest absolute Gasteiger partial charge is 0.493 e. The van der Waals surface area contributed by atoms with E-state index in [1.54, 1.807) is 37.1 Å². The van der Waals surface area contributed by atoms with Crippen LogP contribution in [0.1, 0.15) is 36.5 Å². The van der Waals surface area contributed by atoms with Crippen LogP contribution < -0.4 is 9.47 Å². The lowest BCUT2D eigenvalue weighted by Crippen LogP contribution is -2.39. The predicted octanol–water partition coefficient (Wildman–Crippen LogP) is 2.28. The lowest BCUT2D eigenvalue weighted by atomic mass is 10.1. The summed E-state index contributed by atoms with van der Waals surface area (Å²) in [6.45, 7) is 3.53. The average Bonchev–Trinajstić information content (AvgIpc) is 3.17. The van der Waals surface area contributed by atoms with Crippen LogP contribution in [0.3, 0.4) is 0 Å². The number of benzene rings is 1. The van der Waals surface area contributed by atoms with Gasteiger partial charge in [0.15, 0.2) is 11.5 Å². The monoisotopic (exact) mass is 365 g/mol. The maximum absolute atomic E-state index is 13.0. The molecule has 0 bridgehead atoms. The second-order valence-electron chi connectivity index (χ2n) is 6.01. The van der Waals surface area contributed by atoms with Crippen molar-refractivity contribution in [1.82, 2.24) is 4.90 Å². The number of methoxy groups -OCH3 is 2. The Morgan fingerprint density at radius 2 is 2.00 bits per heavy atom. The first kappa shape index (κ1) is 20.0. The summed E-state index contributed by atoms with van der Waals surface area (Å²) < 4.78 is 21.1. The molecule has 1 aliphatic rings. The summed E-state index contributed by atoms with van der Waals surface area (Å²) >= 11 is 0. The second kappa shape index (κ2) is 10.0. The topological polar surface area (TPSA) is 74.3 Å². The van der Waals surface area contributed by atoms with Crippen molar-refractivity contribution in [1.29, 1.82) is 0 Å². The van der Waals surface area contributed by atoms with Crippen molar-refractivity contribution >= 4 is 11.9 Å². The quantitative estimate of drug-likeness (QED) is 0.625.